The quantitative estimate of drug-likeness (QED) is 0.900. The highest BCUT2D eigenvalue weighted by atomic mass is 19.1. The maximum absolute atomic E-state index is 13.8. The smallest absolute Gasteiger partial charge is 0.165 e. The average molecular weight is 268 g/mol. The van der Waals surface area contributed by atoms with Crippen LogP contribution >= 0.6 is 0 Å². The summed E-state index contributed by atoms with van der Waals surface area (Å²) in [4.78, 5) is 2.17. The number of halogens is 1. The molecule has 0 saturated carbocycles. The molecule has 106 valence electrons. The molecule has 1 aliphatic rings. The molecule has 5 heteroatoms. The average Bonchev–Trinajstić information content (AvgIpc) is 2.37. The zero-order valence-corrected chi connectivity index (χ0v) is 11.4. The van der Waals surface area contributed by atoms with Gasteiger partial charge >= 0.3 is 0 Å². The minimum atomic E-state index is -0.376. The number of nitrogens with two attached hydrogens (primary N) is 1. The lowest BCUT2D eigenvalue weighted by atomic mass is 10.1. The normalized spacial score (nSPS) is 22.2. The van der Waals surface area contributed by atoms with Crippen molar-refractivity contribution in [3.63, 3.8) is 0 Å². The van der Waals surface area contributed by atoms with E-state index in [2.05, 4.69) is 4.90 Å². The number of ether oxygens (including phenoxy) is 2. The van der Waals surface area contributed by atoms with Crippen LogP contribution in [0.25, 0.3) is 0 Å². The summed E-state index contributed by atoms with van der Waals surface area (Å²) in [5.74, 6) is -0.125. The van der Waals surface area contributed by atoms with Gasteiger partial charge in [0.05, 0.1) is 6.61 Å². The highest BCUT2D eigenvalue weighted by Crippen LogP contribution is 2.21. The summed E-state index contributed by atoms with van der Waals surface area (Å²) >= 11 is 0. The standard InChI is InChI=1S/C14H21FN2O2/c1-10(16)11-3-4-14(13(15)7-11)19-9-12-8-17(2)5-6-18-12/h3-4,7,10,12H,5-6,8-9,16H2,1-2H3/t10-,12?/m1/s1. The van der Waals surface area contributed by atoms with Gasteiger partial charge in [-0.3, -0.25) is 0 Å². The number of morpholine rings is 1. The summed E-state index contributed by atoms with van der Waals surface area (Å²) in [7, 11) is 2.04. The van der Waals surface area contributed by atoms with Gasteiger partial charge in [0.25, 0.3) is 0 Å². The molecule has 0 radical (unpaired) electrons. The Morgan fingerprint density at radius 1 is 1.58 bits per heavy atom. The van der Waals surface area contributed by atoms with E-state index >= 15 is 0 Å². The van der Waals surface area contributed by atoms with Gasteiger partial charge in [-0.25, -0.2) is 4.39 Å². The van der Waals surface area contributed by atoms with E-state index in [1.165, 1.54) is 6.07 Å². The third-order valence-electron chi connectivity index (χ3n) is 3.25. The second-order valence-electron chi connectivity index (χ2n) is 5.04. The van der Waals surface area contributed by atoms with Gasteiger partial charge in [0.1, 0.15) is 12.7 Å². The molecule has 1 aliphatic heterocycles. The van der Waals surface area contributed by atoms with E-state index in [9.17, 15) is 4.39 Å². The van der Waals surface area contributed by atoms with Crippen molar-refractivity contribution in [3.8, 4) is 5.75 Å². The molecule has 2 N–H and O–H groups in total. The predicted octanol–water partition coefficient (Wildman–Crippen LogP) is 1.55. The molecule has 1 aromatic rings. The molecule has 1 fully saturated rings. The van der Waals surface area contributed by atoms with Crippen molar-refractivity contribution in [3.05, 3.63) is 29.6 Å². The van der Waals surface area contributed by atoms with Crippen molar-refractivity contribution in [2.45, 2.75) is 19.1 Å². The first kappa shape index (κ1) is 14.2. The van der Waals surface area contributed by atoms with Gasteiger partial charge in [0.2, 0.25) is 0 Å². The van der Waals surface area contributed by atoms with E-state index in [0.717, 1.165) is 18.7 Å². The summed E-state index contributed by atoms with van der Waals surface area (Å²) in [5, 5.41) is 0. The fourth-order valence-corrected chi connectivity index (χ4v) is 2.07. The van der Waals surface area contributed by atoms with Crippen molar-refractivity contribution in [2.75, 3.05) is 33.4 Å². The Hall–Kier alpha value is -1.17. The SMILES string of the molecule is C[C@@H](N)c1ccc(OCC2CN(C)CCO2)c(F)c1. The van der Waals surface area contributed by atoms with Crippen LogP contribution in [0, 0.1) is 5.82 Å². The van der Waals surface area contributed by atoms with Crippen LogP contribution in [0.5, 0.6) is 5.75 Å². The second-order valence-corrected chi connectivity index (χ2v) is 5.04. The van der Waals surface area contributed by atoms with Gasteiger partial charge in [-0.15, -0.1) is 0 Å². The fourth-order valence-electron chi connectivity index (χ4n) is 2.07. The summed E-state index contributed by atoms with van der Waals surface area (Å²) in [5.41, 5.74) is 6.47. The molecule has 0 bridgehead atoms. The Balaban J connectivity index is 1.92. The van der Waals surface area contributed by atoms with Crippen LogP contribution in [0.15, 0.2) is 18.2 Å². The number of hydrogen-bond donors (Lipinski definition) is 1. The molecule has 2 atom stereocenters. The van der Waals surface area contributed by atoms with E-state index in [4.69, 9.17) is 15.2 Å². The number of hydrogen-bond acceptors (Lipinski definition) is 4. The predicted molar refractivity (Wildman–Crippen MR) is 71.7 cm³/mol. The first-order valence-electron chi connectivity index (χ1n) is 6.54. The lowest BCUT2D eigenvalue weighted by Gasteiger charge is -2.29. The summed E-state index contributed by atoms with van der Waals surface area (Å²) in [6.07, 6.45) is -0.00809. The monoisotopic (exact) mass is 268 g/mol. The largest absolute Gasteiger partial charge is 0.488 e. The topological polar surface area (TPSA) is 47.7 Å². The van der Waals surface area contributed by atoms with Gasteiger partial charge < -0.3 is 20.1 Å². The summed E-state index contributed by atoms with van der Waals surface area (Å²) < 4.78 is 24.9. The van der Waals surface area contributed by atoms with E-state index in [1.807, 2.05) is 14.0 Å². The highest BCUT2D eigenvalue weighted by Gasteiger charge is 2.19. The first-order chi connectivity index (χ1) is 9.06. The zero-order chi connectivity index (χ0) is 13.8. The van der Waals surface area contributed by atoms with Crippen LogP contribution in [0.2, 0.25) is 0 Å². The summed E-state index contributed by atoms with van der Waals surface area (Å²) in [6.45, 7) is 4.60. The molecule has 4 nitrogen and oxygen atoms in total. The van der Waals surface area contributed by atoms with Gasteiger partial charge in [-0.1, -0.05) is 6.07 Å². The van der Waals surface area contributed by atoms with Crippen LogP contribution in [0.3, 0.4) is 0 Å². The maximum atomic E-state index is 13.8. The molecular weight excluding hydrogens is 247 g/mol. The van der Waals surface area contributed by atoms with Crippen LogP contribution in [-0.4, -0.2) is 44.4 Å². The van der Waals surface area contributed by atoms with E-state index in [1.54, 1.807) is 12.1 Å². The lowest BCUT2D eigenvalue weighted by Crippen LogP contribution is -2.42. The minimum absolute atomic E-state index is 0.00809. The summed E-state index contributed by atoms with van der Waals surface area (Å²) in [6, 6.07) is 4.66. The van der Waals surface area contributed by atoms with Crippen molar-refractivity contribution in [1.29, 1.82) is 0 Å². The Kier molecular flexibility index (Phi) is 4.74. The van der Waals surface area contributed by atoms with Crippen LogP contribution < -0.4 is 10.5 Å². The van der Waals surface area contributed by atoms with E-state index in [0.29, 0.717) is 13.2 Å². The van der Waals surface area contributed by atoms with E-state index < -0.39 is 0 Å². The lowest BCUT2D eigenvalue weighted by molar-refractivity contribution is -0.0408. The van der Waals surface area contributed by atoms with Crippen LogP contribution in [-0.2, 0) is 4.74 Å². The second kappa shape index (κ2) is 6.32. The Morgan fingerprint density at radius 3 is 3.00 bits per heavy atom. The fraction of sp³-hybridized carbons (Fsp3) is 0.571. The Bertz CT molecular complexity index is 426. The number of rotatable bonds is 4. The molecular formula is C14H21FN2O2. The van der Waals surface area contributed by atoms with Gasteiger partial charge in [-0.2, -0.15) is 0 Å². The van der Waals surface area contributed by atoms with Gasteiger partial charge in [0.15, 0.2) is 11.6 Å². The minimum Gasteiger partial charge on any atom is -0.488 e. The molecule has 2 rings (SSSR count). The number of nitrogens with zero attached hydrogens (tertiary/aromatic N) is 1. The first-order valence-corrected chi connectivity index (χ1v) is 6.54. The van der Waals surface area contributed by atoms with Gasteiger partial charge in [-0.05, 0) is 31.7 Å². The maximum Gasteiger partial charge on any atom is 0.165 e. The van der Waals surface area contributed by atoms with Gasteiger partial charge in [0, 0.05) is 19.1 Å². The van der Waals surface area contributed by atoms with Crippen LogP contribution in [0.1, 0.15) is 18.5 Å². The molecule has 0 amide bonds. The molecule has 0 aromatic heterocycles. The third kappa shape index (κ3) is 3.89. The van der Waals surface area contributed by atoms with Crippen molar-refractivity contribution in [2.24, 2.45) is 5.73 Å². The van der Waals surface area contributed by atoms with E-state index in [-0.39, 0.29) is 23.7 Å². The molecule has 1 saturated heterocycles. The Labute approximate surface area is 113 Å². The number of likely N-dealkylation sites (N-methyl/N-ethyl adjacent to an activating group) is 1. The molecule has 0 spiro atoms. The molecule has 0 aliphatic carbocycles. The third-order valence-corrected chi connectivity index (χ3v) is 3.25. The molecule has 19 heavy (non-hydrogen) atoms. The van der Waals surface area contributed by atoms with Crippen molar-refractivity contribution >= 4 is 0 Å². The van der Waals surface area contributed by atoms with Crippen LogP contribution in [0.4, 0.5) is 4.39 Å². The zero-order valence-electron chi connectivity index (χ0n) is 11.4. The highest BCUT2D eigenvalue weighted by molar-refractivity contribution is 5.30. The molecule has 1 heterocycles. The van der Waals surface area contributed by atoms with Crippen molar-refractivity contribution < 1.29 is 13.9 Å². The molecule has 1 aromatic carbocycles. The number of benzene rings is 1. The van der Waals surface area contributed by atoms with Crippen molar-refractivity contribution in [1.82, 2.24) is 4.90 Å². The molecule has 1 unspecified atom stereocenters. The Morgan fingerprint density at radius 2 is 2.37 bits per heavy atom.